The van der Waals surface area contributed by atoms with E-state index in [0.29, 0.717) is 23.9 Å². The first-order chi connectivity index (χ1) is 14.7. The first-order valence-electron chi connectivity index (χ1n) is 10.9. The number of amides is 2. The first-order valence-corrected chi connectivity index (χ1v) is 11.3. The molecule has 1 aromatic heterocycles. The number of halogens is 1. The topological polar surface area (TPSA) is 88.9 Å². The Kier molecular flexibility index (Phi) is 7.36. The van der Waals surface area contributed by atoms with Crippen LogP contribution in [0.2, 0.25) is 5.02 Å². The maximum absolute atomic E-state index is 12.5. The van der Waals surface area contributed by atoms with Gasteiger partial charge in [0.05, 0.1) is 0 Å². The normalized spacial score (nSPS) is 13.8. The Hall–Kier alpha value is -2.41. The van der Waals surface area contributed by atoms with Crippen LogP contribution in [0.4, 0.5) is 5.69 Å². The molecule has 0 radical (unpaired) electrons. The van der Waals surface area contributed by atoms with Gasteiger partial charge < -0.3 is 15.2 Å². The lowest BCUT2D eigenvalue weighted by atomic mass is 9.86. The number of carbonyl (C=O) groups is 2. The molecule has 2 amide bonds. The molecular weight excluding hydrogens is 414 g/mol. The van der Waals surface area contributed by atoms with Crippen LogP contribution < -0.4 is 10.6 Å². The standard InChI is InChI=1S/C23H32ClN5O2/c1-15-17(24)7-5-8-18(15)26-21(30)13-12-20-28-27-19(29(20)16-10-11-16)9-6-14-23(2,3)22(31)25-4/h5,7-8,16H,6,9-14H2,1-4H3,(H,25,31)(H,26,30). The van der Waals surface area contributed by atoms with Crippen LogP contribution >= 0.6 is 11.6 Å². The molecule has 0 atom stereocenters. The number of carbonyl (C=O) groups excluding carboxylic acids is 2. The predicted octanol–water partition coefficient (Wildman–Crippen LogP) is 4.24. The van der Waals surface area contributed by atoms with E-state index in [1.165, 1.54) is 0 Å². The zero-order chi connectivity index (χ0) is 22.6. The van der Waals surface area contributed by atoms with E-state index >= 15 is 0 Å². The average molecular weight is 446 g/mol. The van der Waals surface area contributed by atoms with E-state index in [2.05, 4.69) is 25.4 Å². The molecule has 1 aliphatic carbocycles. The summed E-state index contributed by atoms with van der Waals surface area (Å²) in [6.45, 7) is 5.81. The maximum atomic E-state index is 12.5. The van der Waals surface area contributed by atoms with Crippen LogP contribution in [0.15, 0.2) is 18.2 Å². The van der Waals surface area contributed by atoms with Gasteiger partial charge in [-0.3, -0.25) is 9.59 Å². The van der Waals surface area contributed by atoms with Crippen LogP contribution in [-0.4, -0.2) is 33.6 Å². The third kappa shape index (κ3) is 5.85. The molecule has 168 valence electrons. The summed E-state index contributed by atoms with van der Waals surface area (Å²) in [5.74, 6) is 1.81. The molecule has 1 heterocycles. The van der Waals surface area contributed by atoms with Gasteiger partial charge in [-0.25, -0.2) is 0 Å². The lowest BCUT2D eigenvalue weighted by Crippen LogP contribution is -2.34. The number of aryl methyl sites for hydroxylation is 2. The van der Waals surface area contributed by atoms with Crippen molar-refractivity contribution in [1.29, 1.82) is 0 Å². The Morgan fingerprint density at radius 2 is 1.87 bits per heavy atom. The zero-order valence-corrected chi connectivity index (χ0v) is 19.6. The third-order valence-electron chi connectivity index (χ3n) is 5.91. The van der Waals surface area contributed by atoms with Crippen molar-refractivity contribution in [3.8, 4) is 0 Å². The van der Waals surface area contributed by atoms with Crippen molar-refractivity contribution in [3.63, 3.8) is 0 Å². The summed E-state index contributed by atoms with van der Waals surface area (Å²) in [5, 5.41) is 15.1. The number of aromatic nitrogens is 3. The molecule has 0 aliphatic heterocycles. The van der Waals surface area contributed by atoms with Crippen molar-refractivity contribution < 1.29 is 9.59 Å². The number of rotatable bonds is 10. The molecule has 2 aromatic rings. The molecule has 1 fully saturated rings. The van der Waals surface area contributed by atoms with Gasteiger partial charge in [-0.1, -0.05) is 31.5 Å². The van der Waals surface area contributed by atoms with Gasteiger partial charge >= 0.3 is 0 Å². The van der Waals surface area contributed by atoms with E-state index < -0.39 is 5.41 Å². The zero-order valence-electron chi connectivity index (χ0n) is 18.8. The van der Waals surface area contributed by atoms with Crippen LogP contribution in [0, 0.1) is 12.3 Å². The van der Waals surface area contributed by atoms with E-state index in [-0.39, 0.29) is 11.8 Å². The molecule has 8 heteroatoms. The lowest BCUT2D eigenvalue weighted by Gasteiger charge is -2.22. The fraction of sp³-hybridized carbons (Fsp3) is 0.565. The maximum Gasteiger partial charge on any atom is 0.225 e. The molecule has 31 heavy (non-hydrogen) atoms. The third-order valence-corrected chi connectivity index (χ3v) is 6.32. The second-order valence-electron chi connectivity index (χ2n) is 8.91. The van der Waals surface area contributed by atoms with Gasteiger partial charge in [0.15, 0.2) is 0 Å². The summed E-state index contributed by atoms with van der Waals surface area (Å²) in [6.07, 6.45) is 5.53. The summed E-state index contributed by atoms with van der Waals surface area (Å²) in [6, 6.07) is 5.92. The Labute approximate surface area is 189 Å². The van der Waals surface area contributed by atoms with Crippen molar-refractivity contribution in [3.05, 3.63) is 40.4 Å². The number of anilines is 1. The quantitative estimate of drug-likeness (QED) is 0.572. The monoisotopic (exact) mass is 445 g/mol. The SMILES string of the molecule is CNC(=O)C(C)(C)CCCc1nnc(CCC(=O)Nc2cccc(Cl)c2C)n1C1CC1. The number of nitrogens with one attached hydrogen (secondary N) is 2. The molecule has 1 aromatic carbocycles. The van der Waals surface area contributed by atoms with E-state index in [1.54, 1.807) is 7.05 Å². The van der Waals surface area contributed by atoms with Gasteiger partial charge in [0.25, 0.3) is 0 Å². The van der Waals surface area contributed by atoms with Crippen LogP contribution in [0.5, 0.6) is 0 Å². The van der Waals surface area contributed by atoms with Crippen molar-refractivity contribution in [2.75, 3.05) is 12.4 Å². The minimum atomic E-state index is -0.404. The van der Waals surface area contributed by atoms with Gasteiger partial charge in [0.2, 0.25) is 11.8 Å². The molecule has 3 rings (SSSR count). The van der Waals surface area contributed by atoms with Gasteiger partial charge in [0.1, 0.15) is 11.6 Å². The fourth-order valence-corrected chi connectivity index (χ4v) is 3.95. The molecule has 0 bridgehead atoms. The highest BCUT2D eigenvalue weighted by Crippen LogP contribution is 2.37. The van der Waals surface area contributed by atoms with Crippen LogP contribution in [-0.2, 0) is 22.4 Å². The van der Waals surface area contributed by atoms with Crippen molar-refractivity contribution >= 4 is 29.1 Å². The largest absolute Gasteiger partial charge is 0.359 e. The van der Waals surface area contributed by atoms with Gasteiger partial charge in [-0.15, -0.1) is 10.2 Å². The number of hydrogen-bond acceptors (Lipinski definition) is 4. The highest BCUT2D eigenvalue weighted by Gasteiger charge is 2.30. The summed E-state index contributed by atoms with van der Waals surface area (Å²) >= 11 is 6.14. The Balaban J connectivity index is 1.58. The van der Waals surface area contributed by atoms with E-state index in [1.807, 2.05) is 39.0 Å². The van der Waals surface area contributed by atoms with Crippen LogP contribution in [0.25, 0.3) is 0 Å². The molecule has 0 saturated heterocycles. The van der Waals surface area contributed by atoms with Crippen molar-refractivity contribution in [1.82, 2.24) is 20.1 Å². The highest BCUT2D eigenvalue weighted by molar-refractivity contribution is 6.31. The second-order valence-corrected chi connectivity index (χ2v) is 9.32. The van der Waals surface area contributed by atoms with Gasteiger partial charge in [0, 0.05) is 48.5 Å². The van der Waals surface area contributed by atoms with E-state index in [9.17, 15) is 9.59 Å². The van der Waals surface area contributed by atoms with E-state index in [0.717, 1.165) is 55.0 Å². The summed E-state index contributed by atoms with van der Waals surface area (Å²) in [5.41, 5.74) is 1.19. The Morgan fingerprint density at radius 3 is 2.52 bits per heavy atom. The van der Waals surface area contributed by atoms with Crippen molar-refractivity contribution in [2.45, 2.75) is 71.8 Å². The number of hydrogen-bond donors (Lipinski definition) is 2. The molecular formula is C23H32ClN5O2. The first kappa shape index (κ1) is 23.3. The molecule has 2 N–H and O–H groups in total. The minimum absolute atomic E-state index is 0.0535. The summed E-state index contributed by atoms with van der Waals surface area (Å²) in [4.78, 5) is 24.5. The smallest absolute Gasteiger partial charge is 0.225 e. The number of benzene rings is 1. The predicted molar refractivity (Wildman–Crippen MR) is 122 cm³/mol. The number of nitrogens with zero attached hydrogens (tertiary/aromatic N) is 3. The van der Waals surface area contributed by atoms with Crippen LogP contribution in [0.1, 0.15) is 69.2 Å². The molecule has 7 nitrogen and oxygen atoms in total. The summed E-state index contributed by atoms with van der Waals surface area (Å²) < 4.78 is 2.21. The highest BCUT2D eigenvalue weighted by atomic mass is 35.5. The Morgan fingerprint density at radius 1 is 1.19 bits per heavy atom. The lowest BCUT2D eigenvalue weighted by molar-refractivity contribution is -0.129. The molecule has 0 unspecified atom stereocenters. The second kappa shape index (κ2) is 9.81. The molecule has 0 spiro atoms. The Bertz CT molecular complexity index is 949. The molecule has 1 aliphatic rings. The average Bonchev–Trinajstić information content (AvgIpc) is 3.49. The minimum Gasteiger partial charge on any atom is -0.359 e. The van der Waals surface area contributed by atoms with E-state index in [4.69, 9.17) is 11.6 Å². The fourth-order valence-electron chi connectivity index (χ4n) is 3.78. The van der Waals surface area contributed by atoms with Crippen molar-refractivity contribution in [2.24, 2.45) is 5.41 Å². The summed E-state index contributed by atoms with van der Waals surface area (Å²) in [7, 11) is 1.67. The van der Waals surface area contributed by atoms with Crippen LogP contribution in [0.3, 0.4) is 0 Å². The van der Waals surface area contributed by atoms with Gasteiger partial charge in [-0.2, -0.15) is 0 Å². The molecule has 1 saturated carbocycles. The van der Waals surface area contributed by atoms with Gasteiger partial charge in [-0.05, 0) is 50.3 Å².